The molecule has 0 spiro atoms. The Labute approximate surface area is 126 Å². The van der Waals surface area contributed by atoms with E-state index in [-0.39, 0.29) is 5.91 Å². The van der Waals surface area contributed by atoms with E-state index in [1.165, 1.54) is 11.3 Å². The molecule has 0 atom stereocenters. The van der Waals surface area contributed by atoms with Gasteiger partial charge < -0.3 is 11.1 Å². The van der Waals surface area contributed by atoms with Crippen molar-refractivity contribution in [1.82, 2.24) is 0 Å². The van der Waals surface area contributed by atoms with E-state index in [0.717, 1.165) is 13.8 Å². The van der Waals surface area contributed by atoms with Gasteiger partial charge in [-0.2, -0.15) is 0 Å². The van der Waals surface area contributed by atoms with Gasteiger partial charge in [0.25, 0.3) is 5.91 Å². The fourth-order valence-electron chi connectivity index (χ4n) is 1.40. The molecule has 2 rings (SSSR count). The lowest BCUT2D eigenvalue weighted by molar-refractivity contribution is 0.103. The second-order valence-electron chi connectivity index (χ2n) is 3.75. The number of nitrogens with one attached hydrogen (secondary N) is 1. The van der Waals surface area contributed by atoms with Gasteiger partial charge in [-0.1, -0.05) is 15.9 Å². The first-order valence-corrected chi connectivity index (χ1v) is 7.50. The zero-order chi connectivity index (χ0) is 13.3. The molecule has 0 fully saturated rings. The summed E-state index contributed by atoms with van der Waals surface area (Å²) in [6, 6.07) is 7.21. The molecule has 1 heterocycles. The fraction of sp³-hybridized carbons (Fsp3) is 0.0833. The lowest BCUT2D eigenvalue weighted by Gasteiger charge is -2.07. The molecule has 0 radical (unpaired) electrons. The van der Waals surface area contributed by atoms with Crippen molar-refractivity contribution < 1.29 is 4.79 Å². The number of nitrogen functional groups attached to an aromatic ring is 1. The normalized spacial score (nSPS) is 10.4. The summed E-state index contributed by atoms with van der Waals surface area (Å²) < 4.78 is 1.85. The Morgan fingerprint density at radius 3 is 2.61 bits per heavy atom. The Morgan fingerprint density at radius 2 is 2.06 bits per heavy atom. The molecule has 6 heteroatoms. The number of hydrogen-bond acceptors (Lipinski definition) is 3. The number of carbonyl (C=O) groups excluding carboxylic acids is 1. The van der Waals surface area contributed by atoms with Gasteiger partial charge in [-0.3, -0.25) is 4.79 Å². The van der Waals surface area contributed by atoms with E-state index in [0.29, 0.717) is 16.3 Å². The number of anilines is 2. The Balaban J connectivity index is 2.21. The number of nitrogens with two attached hydrogens (primary N) is 1. The number of benzene rings is 1. The first kappa shape index (κ1) is 13.6. The molecule has 1 amide bonds. The van der Waals surface area contributed by atoms with Gasteiger partial charge in [-0.25, -0.2) is 0 Å². The molecule has 0 aliphatic rings. The molecule has 0 bridgehead atoms. The molecule has 1 aromatic carbocycles. The van der Waals surface area contributed by atoms with Gasteiger partial charge in [0.2, 0.25) is 0 Å². The van der Waals surface area contributed by atoms with Gasteiger partial charge in [0.05, 0.1) is 20.0 Å². The Morgan fingerprint density at radius 1 is 1.33 bits per heavy atom. The van der Waals surface area contributed by atoms with Gasteiger partial charge in [-0.15, -0.1) is 11.3 Å². The van der Waals surface area contributed by atoms with Crippen LogP contribution in [0.5, 0.6) is 0 Å². The maximum atomic E-state index is 12.0. The second kappa shape index (κ2) is 5.42. The summed E-state index contributed by atoms with van der Waals surface area (Å²) >= 11 is 8.13. The predicted molar refractivity (Wildman–Crippen MR) is 83.3 cm³/mol. The smallest absolute Gasteiger partial charge is 0.265 e. The summed E-state index contributed by atoms with van der Waals surface area (Å²) in [5, 5.41) is 2.80. The number of hydrogen-bond donors (Lipinski definition) is 2. The molecule has 0 aliphatic carbocycles. The van der Waals surface area contributed by atoms with Crippen LogP contribution in [0.25, 0.3) is 0 Å². The average Bonchev–Trinajstić information content (AvgIpc) is 2.63. The van der Waals surface area contributed by atoms with Crippen molar-refractivity contribution in [2.24, 2.45) is 0 Å². The highest BCUT2D eigenvalue weighted by Gasteiger charge is 2.12. The van der Waals surface area contributed by atoms with Crippen LogP contribution in [-0.2, 0) is 0 Å². The Hall–Kier alpha value is -0.850. The van der Waals surface area contributed by atoms with Crippen LogP contribution < -0.4 is 11.1 Å². The van der Waals surface area contributed by atoms with Gasteiger partial charge in [0, 0.05) is 4.47 Å². The SMILES string of the molecule is Cc1cc(C(=O)Nc2ccc(Br)cc2N)sc1Br. The summed E-state index contributed by atoms with van der Waals surface area (Å²) in [6.45, 7) is 1.95. The van der Waals surface area contributed by atoms with Crippen LogP contribution in [0.3, 0.4) is 0 Å². The number of amides is 1. The van der Waals surface area contributed by atoms with Crippen molar-refractivity contribution in [3.63, 3.8) is 0 Å². The topological polar surface area (TPSA) is 55.1 Å². The first-order valence-electron chi connectivity index (χ1n) is 5.09. The Bertz CT molecular complexity index is 591. The molecule has 0 unspecified atom stereocenters. The molecule has 94 valence electrons. The van der Waals surface area contributed by atoms with Crippen molar-refractivity contribution in [2.75, 3.05) is 11.1 Å². The highest BCUT2D eigenvalue weighted by Crippen LogP contribution is 2.29. The van der Waals surface area contributed by atoms with Crippen molar-refractivity contribution in [2.45, 2.75) is 6.92 Å². The van der Waals surface area contributed by atoms with Gasteiger partial charge >= 0.3 is 0 Å². The number of carbonyl (C=O) groups is 1. The quantitative estimate of drug-likeness (QED) is 0.747. The van der Waals surface area contributed by atoms with Crippen molar-refractivity contribution in [1.29, 1.82) is 0 Å². The van der Waals surface area contributed by atoms with E-state index in [9.17, 15) is 4.79 Å². The third-order valence-electron chi connectivity index (χ3n) is 2.34. The molecular weight excluding hydrogens is 380 g/mol. The molecule has 0 saturated heterocycles. The van der Waals surface area contributed by atoms with Crippen molar-refractivity contribution in [3.8, 4) is 0 Å². The minimum atomic E-state index is -0.150. The van der Waals surface area contributed by atoms with Crippen LogP contribution in [0.15, 0.2) is 32.5 Å². The highest BCUT2D eigenvalue weighted by atomic mass is 79.9. The van der Waals surface area contributed by atoms with E-state index < -0.39 is 0 Å². The highest BCUT2D eigenvalue weighted by molar-refractivity contribution is 9.11. The average molecular weight is 390 g/mol. The second-order valence-corrected chi connectivity index (χ2v) is 7.04. The maximum Gasteiger partial charge on any atom is 0.265 e. The zero-order valence-electron chi connectivity index (χ0n) is 9.46. The number of halogens is 2. The molecule has 1 aromatic heterocycles. The van der Waals surface area contributed by atoms with E-state index in [2.05, 4.69) is 37.2 Å². The lowest BCUT2D eigenvalue weighted by atomic mass is 10.2. The van der Waals surface area contributed by atoms with Gasteiger partial charge in [0.1, 0.15) is 0 Å². The minimum Gasteiger partial charge on any atom is -0.397 e. The van der Waals surface area contributed by atoms with Gasteiger partial charge in [0.15, 0.2) is 0 Å². The minimum absolute atomic E-state index is 0.150. The van der Waals surface area contributed by atoms with Crippen LogP contribution in [-0.4, -0.2) is 5.91 Å². The van der Waals surface area contributed by atoms with Gasteiger partial charge in [-0.05, 0) is 52.7 Å². The number of aryl methyl sites for hydroxylation is 1. The van der Waals surface area contributed by atoms with Crippen LogP contribution >= 0.6 is 43.2 Å². The monoisotopic (exact) mass is 388 g/mol. The molecule has 18 heavy (non-hydrogen) atoms. The number of thiophene rings is 1. The van der Waals surface area contributed by atoms with Crippen LogP contribution in [0.2, 0.25) is 0 Å². The molecule has 0 saturated carbocycles. The number of rotatable bonds is 2. The van der Waals surface area contributed by atoms with Crippen molar-refractivity contribution in [3.05, 3.63) is 43.0 Å². The third kappa shape index (κ3) is 2.93. The van der Waals surface area contributed by atoms with E-state index in [1.807, 2.05) is 19.1 Å². The van der Waals surface area contributed by atoms with Crippen molar-refractivity contribution >= 4 is 60.5 Å². The van der Waals surface area contributed by atoms with E-state index in [4.69, 9.17) is 5.73 Å². The van der Waals surface area contributed by atoms with Crippen LogP contribution in [0.1, 0.15) is 15.2 Å². The van der Waals surface area contributed by atoms with Crippen LogP contribution in [0.4, 0.5) is 11.4 Å². The maximum absolute atomic E-state index is 12.0. The van der Waals surface area contributed by atoms with E-state index >= 15 is 0 Å². The first-order chi connectivity index (χ1) is 8.47. The predicted octanol–water partition coefficient (Wildman–Crippen LogP) is 4.42. The largest absolute Gasteiger partial charge is 0.397 e. The standard InChI is InChI=1S/C12H10Br2N2OS/c1-6-4-10(18-11(6)14)12(17)16-9-3-2-7(13)5-8(9)15/h2-5H,15H2,1H3,(H,16,17). The van der Waals surface area contributed by atoms with Crippen LogP contribution in [0, 0.1) is 6.92 Å². The summed E-state index contributed by atoms with van der Waals surface area (Å²) in [4.78, 5) is 12.7. The molecular formula is C12H10Br2N2OS. The Kier molecular flexibility index (Phi) is 4.09. The summed E-state index contributed by atoms with van der Waals surface area (Å²) in [7, 11) is 0. The molecule has 0 aliphatic heterocycles. The zero-order valence-corrected chi connectivity index (χ0v) is 13.4. The summed E-state index contributed by atoms with van der Waals surface area (Å²) in [5.74, 6) is -0.150. The molecule has 3 N–H and O–H groups in total. The molecule has 3 nitrogen and oxygen atoms in total. The summed E-state index contributed by atoms with van der Waals surface area (Å²) in [6.07, 6.45) is 0. The van der Waals surface area contributed by atoms with E-state index in [1.54, 1.807) is 12.1 Å². The molecule has 2 aromatic rings. The third-order valence-corrected chi connectivity index (χ3v) is 4.97. The fourth-order valence-corrected chi connectivity index (χ4v) is 3.21. The summed E-state index contributed by atoms with van der Waals surface area (Å²) in [5.41, 5.74) is 8.03. The lowest BCUT2D eigenvalue weighted by Crippen LogP contribution is -2.11.